The highest BCUT2D eigenvalue weighted by molar-refractivity contribution is 6.04. The Morgan fingerprint density at radius 1 is 1.07 bits per heavy atom. The van der Waals surface area contributed by atoms with Gasteiger partial charge in [0.25, 0.3) is 0 Å². The number of nitrogens with one attached hydrogen (secondary N) is 2. The molecule has 4 heterocycles. The van der Waals surface area contributed by atoms with Gasteiger partial charge in [-0.15, -0.1) is 0 Å². The quantitative estimate of drug-likeness (QED) is 0.692. The molecule has 0 aromatic carbocycles. The van der Waals surface area contributed by atoms with E-state index in [4.69, 9.17) is 0 Å². The minimum absolute atomic E-state index is 0.0212. The molecule has 2 aliphatic rings. The molecule has 3 aromatic heterocycles. The van der Waals surface area contributed by atoms with Crippen LogP contribution in [-0.2, 0) is 4.79 Å². The number of aryl methyl sites for hydroxylation is 1. The molecule has 146 valence electrons. The Hall–Kier alpha value is -3.62. The number of hydrogen-bond acceptors (Lipinski definition) is 6. The van der Waals surface area contributed by atoms with Gasteiger partial charge in [-0.2, -0.15) is 0 Å². The molecular formula is C20H19N7O2. The summed E-state index contributed by atoms with van der Waals surface area (Å²) >= 11 is 0. The van der Waals surface area contributed by atoms with Crippen LogP contribution in [0.25, 0.3) is 16.9 Å². The average molecular weight is 389 g/mol. The first-order valence-corrected chi connectivity index (χ1v) is 9.35. The number of allylic oxidation sites excluding steroid dienone is 4. The van der Waals surface area contributed by atoms with Crippen molar-refractivity contribution in [2.45, 2.75) is 27.2 Å². The zero-order valence-corrected chi connectivity index (χ0v) is 16.2. The number of imidazole rings is 1. The van der Waals surface area contributed by atoms with E-state index in [0.717, 1.165) is 23.3 Å². The summed E-state index contributed by atoms with van der Waals surface area (Å²) in [5.74, 6) is 1.07. The summed E-state index contributed by atoms with van der Waals surface area (Å²) < 4.78 is 0. The lowest BCUT2D eigenvalue weighted by Crippen LogP contribution is -2.31. The summed E-state index contributed by atoms with van der Waals surface area (Å²) in [7, 11) is 0. The third-order valence-corrected chi connectivity index (χ3v) is 5.68. The minimum Gasteiger partial charge on any atom is -0.289 e. The summed E-state index contributed by atoms with van der Waals surface area (Å²) in [5.41, 5.74) is 2.44. The molecular weight excluding hydrogens is 370 g/mol. The highest BCUT2D eigenvalue weighted by Crippen LogP contribution is 2.50. The van der Waals surface area contributed by atoms with E-state index < -0.39 is 5.41 Å². The molecule has 2 N–H and O–H groups in total. The molecule has 1 fully saturated rings. The fraction of sp³-hybridized carbons (Fsp3) is 0.300. The lowest BCUT2D eigenvalue weighted by Gasteiger charge is -2.25. The lowest BCUT2D eigenvalue weighted by molar-refractivity contribution is -0.125. The maximum atomic E-state index is 13.3. The first-order valence-electron chi connectivity index (χ1n) is 9.35. The normalized spacial score (nSPS) is 20.6. The Morgan fingerprint density at radius 3 is 2.55 bits per heavy atom. The van der Waals surface area contributed by atoms with Crippen LogP contribution in [0.15, 0.2) is 41.2 Å². The van der Waals surface area contributed by atoms with Crippen LogP contribution in [0.3, 0.4) is 0 Å². The maximum absolute atomic E-state index is 13.3. The Labute approximate surface area is 165 Å². The van der Waals surface area contributed by atoms with Gasteiger partial charge in [-0.25, -0.2) is 24.7 Å². The number of carbonyl (C=O) groups is 1. The Kier molecular flexibility index (Phi) is 3.58. The number of anilines is 1. The second-order valence-electron chi connectivity index (χ2n) is 7.90. The summed E-state index contributed by atoms with van der Waals surface area (Å²) in [5, 5.41) is 0. The lowest BCUT2D eigenvalue weighted by atomic mass is 9.75. The number of hydrogen-bond donors (Lipinski definition) is 2. The number of nitrogens with zero attached hydrogens (tertiary/aromatic N) is 5. The number of H-pyrrole nitrogens is 2. The van der Waals surface area contributed by atoms with Crippen molar-refractivity contribution in [1.29, 1.82) is 0 Å². The van der Waals surface area contributed by atoms with E-state index in [9.17, 15) is 9.59 Å². The molecule has 3 aromatic rings. The highest BCUT2D eigenvalue weighted by Gasteiger charge is 2.52. The van der Waals surface area contributed by atoms with Crippen LogP contribution in [0.5, 0.6) is 0 Å². The zero-order valence-electron chi connectivity index (χ0n) is 16.2. The fourth-order valence-corrected chi connectivity index (χ4v) is 4.02. The number of carbonyl (C=O) groups excluding carboxylic acids is 1. The van der Waals surface area contributed by atoms with Gasteiger partial charge in [-0.05, 0) is 25.0 Å². The van der Waals surface area contributed by atoms with Gasteiger partial charge in [-0.1, -0.05) is 19.9 Å². The molecule has 0 radical (unpaired) electrons. The number of rotatable bonds is 2. The van der Waals surface area contributed by atoms with Crippen LogP contribution in [0.1, 0.15) is 31.7 Å². The predicted molar refractivity (Wildman–Crippen MR) is 107 cm³/mol. The third kappa shape index (κ3) is 2.61. The first kappa shape index (κ1) is 17.5. The van der Waals surface area contributed by atoms with Crippen molar-refractivity contribution in [3.05, 3.63) is 58.3 Å². The monoisotopic (exact) mass is 389 g/mol. The molecule has 29 heavy (non-hydrogen) atoms. The molecule has 5 rings (SSSR count). The Morgan fingerprint density at radius 2 is 1.79 bits per heavy atom. The van der Waals surface area contributed by atoms with E-state index in [0.29, 0.717) is 22.9 Å². The van der Waals surface area contributed by atoms with Gasteiger partial charge >= 0.3 is 5.69 Å². The smallest absolute Gasteiger partial charge is 0.289 e. The van der Waals surface area contributed by atoms with Gasteiger partial charge in [0.05, 0.1) is 11.6 Å². The van der Waals surface area contributed by atoms with Crippen molar-refractivity contribution < 1.29 is 4.79 Å². The maximum Gasteiger partial charge on any atom is 0.326 e. The summed E-state index contributed by atoms with van der Waals surface area (Å²) in [6.45, 7) is 5.74. The van der Waals surface area contributed by atoms with Crippen LogP contribution in [0.2, 0.25) is 0 Å². The largest absolute Gasteiger partial charge is 0.326 e. The molecule has 1 amide bonds. The van der Waals surface area contributed by atoms with Crippen LogP contribution >= 0.6 is 0 Å². The second-order valence-corrected chi connectivity index (χ2v) is 7.90. The first-order chi connectivity index (χ1) is 13.8. The number of aromatic nitrogens is 6. The molecule has 0 saturated carbocycles. The van der Waals surface area contributed by atoms with Crippen molar-refractivity contribution in [3.8, 4) is 0 Å². The SMILES string of the molecule is Cc1ncc(C2=CCC3C(=C2)N(c2cnc4[nH]c(=O)[nH]c4n2)C(=O)C3(C)C)cn1. The van der Waals surface area contributed by atoms with Gasteiger partial charge in [0.1, 0.15) is 5.82 Å². The van der Waals surface area contributed by atoms with Crippen LogP contribution < -0.4 is 10.6 Å². The molecule has 1 aliphatic carbocycles. The van der Waals surface area contributed by atoms with Crippen molar-refractivity contribution in [3.63, 3.8) is 0 Å². The van der Waals surface area contributed by atoms with E-state index >= 15 is 0 Å². The van der Waals surface area contributed by atoms with Gasteiger partial charge in [-0.3, -0.25) is 19.7 Å². The molecule has 9 heteroatoms. The molecule has 1 saturated heterocycles. The molecule has 1 unspecified atom stereocenters. The van der Waals surface area contributed by atoms with E-state index in [-0.39, 0.29) is 17.5 Å². The Bertz CT molecular complexity index is 1260. The highest BCUT2D eigenvalue weighted by atomic mass is 16.2. The minimum atomic E-state index is -0.584. The average Bonchev–Trinajstić information content (AvgIpc) is 3.16. The van der Waals surface area contributed by atoms with Gasteiger partial charge in [0.2, 0.25) is 5.91 Å². The van der Waals surface area contributed by atoms with Crippen molar-refractivity contribution in [2.75, 3.05) is 4.90 Å². The third-order valence-electron chi connectivity index (χ3n) is 5.68. The molecule has 0 bridgehead atoms. The van der Waals surface area contributed by atoms with Gasteiger partial charge in [0, 0.05) is 29.6 Å². The zero-order chi connectivity index (χ0) is 20.3. The summed E-state index contributed by atoms with van der Waals surface area (Å²) in [6, 6.07) is 0. The molecule has 1 atom stereocenters. The van der Waals surface area contributed by atoms with Crippen LogP contribution in [0.4, 0.5) is 5.82 Å². The number of fused-ring (bicyclic) bond motifs is 2. The van der Waals surface area contributed by atoms with E-state index in [1.54, 1.807) is 17.3 Å². The van der Waals surface area contributed by atoms with Gasteiger partial charge in [0.15, 0.2) is 17.1 Å². The van der Waals surface area contributed by atoms with Crippen molar-refractivity contribution in [1.82, 2.24) is 29.9 Å². The molecule has 1 aliphatic heterocycles. The fourth-order valence-electron chi connectivity index (χ4n) is 4.02. The van der Waals surface area contributed by atoms with Crippen molar-refractivity contribution >= 4 is 28.6 Å². The number of amides is 1. The van der Waals surface area contributed by atoms with Crippen LogP contribution in [0, 0.1) is 18.3 Å². The van der Waals surface area contributed by atoms with Gasteiger partial charge < -0.3 is 0 Å². The number of aromatic amines is 2. The van der Waals surface area contributed by atoms with Crippen molar-refractivity contribution in [2.24, 2.45) is 11.3 Å². The standard InChI is InChI=1S/C20H19N7O2/c1-10-21-7-12(8-22-10)11-4-5-13-14(6-11)27(18(28)20(13,2)3)15-9-23-16-17(24-15)26-19(29)25-16/h4,6-9,13H,5H2,1-3H3,(H2,23,24,25,26,29). The Balaban J connectivity index is 1.63. The molecule has 9 nitrogen and oxygen atoms in total. The van der Waals surface area contributed by atoms with E-state index in [2.05, 4.69) is 36.0 Å². The van der Waals surface area contributed by atoms with Crippen LogP contribution in [-0.4, -0.2) is 35.8 Å². The van der Waals surface area contributed by atoms with E-state index in [1.807, 2.05) is 26.8 Å². The second kappa shape index (κ2) is 5.94. The topological polar surface area (TPSA) is 121 Å². The summed E-state index contributed by atoms with van der Waals surface area (Å²) in [6.07, 6.45) is 9.93. The van der Waals surface area contributed by atoms with E-state index in [1.165, 1.54) is 6.20 Å². The summed E-state index contributed by atoms with van der Waals surface area (Å²) in [4.78, 5) is 48.9. The predicted octanol–water partition coefficient (Wildman–Crippen LogP) is 2.10. The molecule has 0 spiro atoms.